The van der Waals surface area contributed by atoms with Crippen molar-refractivity contribution in [3.8, 4) is 0 Å². The molecule has 0 unspecified atom stereocenters. The number of nitrogens with zero attached hydrogens (tertiary/aromatic N) is 1. The number of carbonyl (C=O) groups is 1. The first-order valence-corrected chi connectivity index (χ1v) is 7.48. The molecule has 1 heterocycles. The quantitative estimate of drug-likeness (QED) is 0.566. The van der Waals surface area contributed by atoms with Crippen molar-refractivity contribution in [2.45, 2.75) is 18.4 Å². The van der Waals surface area contributed by atoms with Gasteiger partial charge in [0.2, 0.25) is 0 Å². The van der Waals surface area contributed by atoms with E-state index < -0.39 is 21.8 Å². The Bertz CT molecular complexity index is 457. The van der Waals surface area contributed by atoms with Gasteiger partial charge < -0.3 is 15.4 Å². The van der Waals surface area contributed by atoms with Gasteiger partial charge in [-0.2, -0.15) is 13.1 Å². The van der Waals surface area contributed by atoms with Gasteiger partial charge in [-0.1, -0.05) is 12.2 Å². The number of piperidine rings is 1. The van der Waals surface area contributed by atoms with E-state index in [1.54, 1.807) is 4.72 Å². The summed E-state index contributed by atoms with van der Waals surface area (Å²) in [7, 11) is -1.08. The minimum atomic E-state index is -4.07. The van der Waals surface area contributed by atoms with Gasteiger partial charge in [0.25, 0.3) is 0 Å². The van der Waals surface area contributed by atoms with E-state index in [9.17, 15) is 13.2 Å². The minimum absolute atomic E-state index is 0.0656. The van der Waals surface area contributed by atoms with Crippen molar-refractivity contribution in [2.24, 2.45) is 5.73 Å². The van der Waals surface area contributed by atoms with E-state index in [2.05, 4.69) is 9.46 Å². The van der Waals surface area contributed by atoms with Crippen molar-refractivity contribution >= 4 is 33.5 Å². The number of carbonyl (C=O) groups excluding carboxylic acids is 1. The van der Waals surface area contributed by atoms with Gasteiger partial charge in [-0.15, -0.1) is 0 Å². The topological polar surface area (TPSA) is 114 Å². The zero-order chi connectivity index (χ0) is 14.7. The predicted octanol–water partition coefficient (Wildman–Crippen LogP) is -1.07. The van der Waals surface area contributed by atoms with E-state index in [1.807, 2.05) is 11.9 Å². The number of rotatable bonds is 4. The number of hydrogen-bond donors (Lipinski definition) is 3. The molecule has 0 aromatic rings. The highest BCUT2D eigenvalue weighted by Gasteiger charge is 2.40. The monoisotopic (exact) mass is 310 g/mol. The molecule has 19 heavy (non-hydrogen) atoms. The lowest BCUT2D eigenvalue weighted by atomic mass is 9.89. The molecule has 1 aliphatic heterocycles. The fraction of sp³-hybridized carbons (Fsp3) is 0.778. The molecule has 0 aromatic carbocycles. The number of likely N-dealkylation sites (tertiary alicyclic amines) is 1. The van der Waals surface area contributed by atoms with E-state index in [0.29, 0.717) is 25.9 Å². The van der Waals surface area contributed by atoms with Crippen molar-refractivity contribution < 1.29 is 17.9 Å². The van der Waals surface area contributed by atoms with Gasteiger partial charge in [0.15, 0.2) is 0 Å². The molecule has 8 nitrogen and oxygen atoms in total. The highest BCUT2D eigenvalue weighted by atomic mass is 32.2. The van der Waals surface area contributed by atoms with Crippen LogP contribution < -0.4 is 15.2 Å². The molecule has 4 N–H and O–H groups in total. The lowest BCUT2D eigenvalue weighted by Crippen LogP contribution is -2.63. The lowest BCUT2D eigenvalue weighted by Gasteiger charge is -2.39. The number of methoxy groups -OCH3 is 1. The summed E-state index contributed by atoms with van der Waals surface area (Å²) < 4.78 is 31.9. The number of nitrogens with two attached hydrogens (primary N) is 1. The Balaban J connectivity index is 2.85. The van der Waals surface area contributed by atoms with Gasteiger partial charge in [0.05, 0.1) is 17.6 Å². The second kappa shape index (κ2) is 5.99. The number of nitrogens with one attached hydrogen (secondary N) is 2. The van der Waals surface area contributed by atoms with Crippen molar-refractivity contribution in [3.05, 3.63) is 0 Å². The second-order valence-corrected chi connectivity index (χ2v) is 6.30. The second-order valence-electron chi connectivity index (χ2n) is 4.45. The first-order valence-electron chi connectivity index (χ1n) is 5.59. The maximum absolute atomic E-state index is 11.8. The van der Waals surface area contributed by atoms with Crippen LogP contribution in [0, 0.1) is 0 Å². The Morgan fingerprint density at radius 3 is 2.37 bits per heavy atom. The van der Waals surface area contributed by atoms with Crippen LogP contribution >= 0.6 is 12.2 Å². The number of ether oxygens (including phenoxy) is 1. The van der Waals surface area contributed by atoms with Crippen LogP contribution in [0.25, 0.3) is 0 Å². The molecule has 1 aliphatic rings. The normalized spacial score (nSPS) is 19.7. The van der Waals surface area contributed by atoms with Gasteiger partial charge in [0, 0.05) is 13.1 Å². The lowest BCUT2D eigenvalue weighted by molar-refractivity contribution is 0.177. The Morgan fingerprint density at radius 1 is 1.42 bits per heavy atom. The fourth-order valence-electron chi connectivity index (χ4n) is 1.83. The summed E-state index contributed by atoms with van der Waals surface area (Å²) >= 11 is 4.96. The maximum atomic E-state index is 11.8. The summed E-state index contributed by atoms with van der Waals surface area (Å²) in [6, 6.07) is 0. The van der Waals surface area contributed by atoms with Crippen LogP contribution in [0.3, 0.4) is 0 Å². The van der Waals surface area contributed by atoms with E-state index in [4.69, 9.17) is 18.0 Å². The Hall–Kier alpha value is -0.970. The Morgan fingerprint density at radius 2 is 1.95 bits per heavy atom. The smallest absolute Gasteiger partial charge is 0.421 e. The zero-order valence-corrected chi connectivity index (χ0v) is 12.4. The van der Waals surface area contributed by atoms with Crippen molar-refractivity contribution in [3.63, 3.8) is 0 Å². The summed E-state index contributed by atoms with van der Waals surface area (Å²) in [5.41, 5.74) is 4.65. The van der Waals surface area contributed by atoms with Crippen molar-refractivity contribution in [2.75, 3.05) is 27.2 Å². The highest BCUT2D eigenvalue weighted by molar-refractivity contribution is 7.88. The third-order valence-electron chi connectivity index (χ3n) is 3.05. The van der Waals surface area contributed by atoms with Crippen LogP contribution in [-0.2, 0) is 14.9 Å². The van der Waals surface area contributed by atoms with Crippen LogP contribution in [0.1, 0.15) is 12.8 Å². The predicted molar refractivity (Wildman–Crippen MR) is 73.8 cm³/mol. The first kappa shape index (κ1) is 16.1. The van der Waals surface area contributed by atoms with Crippen molar-refractivity contribution in [1.82, 2.24) is 14.3 Å². The SMILES string of the molecule is COC(=O)NS(=O)(=O)NC1(C(N)=S)CCN(C)CC1. The standard InChI is InChI=1S/C9H18N4O4S2/c1-13-5-3-9(4-6-13,7(10)18)12-19(15,16)11-8(14)17-2/h12H,3-6H2,1-2H3,(H2,10,18)(H,11,14). The fourth-order valence-corrected chi connectivity index (χ4v) is 3.34. The molecular formula is C9H18N4O4S2. The average Bonchev–Trinajstić information content (AvgIpc) is 2.31. The van der Waals surface area contributed by atoms with Crippen LogP contribution in [0.4, 0.5) is 4.79 Å². The van der Waals surface area contributed by atoms with Crippen LogP contribution in [0.5, 0.6) is 0 Å². The molecule has 0 spiro atoms. The molecule has 0 bridgehead atoms. The molecule has 1 saturated heterocycles. The molecule has 10 heteroatoms. The van der Waals surface area contributed by atoms with Crippen LogP contribution in [0.15, 0.2) is 0 Å². The molecule has 110 valence electrons. The molecule has 1 fully saturated rings. The average molecular weight is 310 g/mol. The van der Waals surface area contributed by atoms with Gasteiger partial charge in [-0.3, -0.25) is 0 Å². The maximum Gasteiger partial charge on any atom is 0.421 e. The summed E-state index contributed by atoms with van der Waals surface area (Å²) in [5, 5.41) is 0. The van der Waals surface area contributed by atoms with E-state index in [0.717, 1.165) is 7.11 Å². The van der Waals surface area contributed by atoms with Gasteiger partial charge in [-0.05, 0) is 19.9 Å². The molecule has 1 amide bonds. The number of hydrogen-bond acceptors (Lipinski definition) is 6. The van der Waals surface area contributed by atoms with E-state index in [1.165, 1.54) is 0 Å². The molecule has 0 aromatic heterocycles. The summed E-state index contributed by atoms with van der Waals surface area (Å²) in [5.74, 6) is 0. The van der Waals surface area contributed by atoms with Gasteiger partial charge in [-0.25, -0.2) is 9.52 Å². The Kier molecular flexibility index (Phi) is 5.07. The molecule has 0 saturated carbocycles. The van der Waals surface area contributed by atoms with Gasteiger partial charge in [0.1, 0.15) is 0 Å². The molecule has 1 rings (SSSR count). The largest absolute Gasteiger partial charge is 0.452 e. The third kappa shape index (κ3) is 4.27. The van der Waals surface area contributed by atoms with Gasteiger partial charge >= 0.3 is 16.3 Å². The third-order valence-corrected chi connectivity index (χ3v) is 4.53. The summed E-state index contributed by atoms with van der Waals surface area (Å²) in [6.07, 6.45) is -0.180. The molecule has 0 atom stereocenters. The number of thiocarbonyl (C=S) groups is 1. The minimum Gasteiger partial charge on any atom is -0.452 e. The van der Waals surface area contributed by atoms with E-state index >= 15 is 0 Å². The van der Waals surface area contributed by atoms with Crippen LogP contribution in [-0.4, -0.2) is 57.2 Å². The summed E-state index contributed by atoms with van der Waals surface area (Å²) in [6.45, 7) is 1.30. The highest BCUT2D eigenvalue weighted by Crippen LogP contribution is 2.22. The molecule has 0 radical (unpaired) electrons. The summed E-state index contributed by atoms with van der Waals surface area (Å²) in [4.78, 5) is 13.1. The van der Waals surface area contributed by atoms with E-state index in [-0.39, 0.29) is 4.99 Å². The first-order chi connectivity index (χ1) is 8.71. The Labute approximate surface area is 117 Å². The number of amides is 1. The van der Waals surface area contributed by atoms with Crippen LogP contribution in [0.2, 0.25) is 0 Å². The molecular weight excluding hydrogens is 292 g/mol. The zero-order valence-electron chi connectivity index (χ0n) is 10.8. The van der Waals surface area contributed by atoms with Crippen molar-refractivity contribution in [1.29, 1.82) is 0 Å². The molecule has 0 aliphatic carbocycles.